The Morgan fingerprint density at radius 1 is 1.14 bits per heavy atom. The number of benzene rings is 1. The summed E-state index contributed by atoms with van der Waals surface area (Å²) >= 11 is 1.37. The number of piperidine rings is 1. The number of nitrogens with zero attached hydrogens (tertiary/aromatic N) is 5. The van der Waals surface area contributed by atoms with Crippen LogP contribution in [0, 0.1) is 0 Å². The molecule has 1 amide bonds. The number of alkyl halides is 3. The predicted molar refractivity (Wildman–Crippen MR) is 148 cm³/mol. The molecule has 1 aliphatic heterocycles. The molecule has 12 nitrogen and oxygen atoms in total. The van der Waals surface area contributed by atoms with E-state index in [1.807, 2.05) is 32.7 Å². The molecular weight excluding hydrogens is 603 g/mol. The van der Waals surface area contributed by atoms with Gasteiger partial charge in [-0.25, -0.2) is 4.79 Å². The van der Waals surface area contributed by atoms with Crippen molar-refractivity contribution < 1.29 is 44.8 Å². The van der Waals surface area contributed by atoms with Crippen LogP contribution in [0.4, 0.5) is 23.1 Å². The summed E-state index contributed by atoms with van der Waals surface area (Å²) in [5, 5.41) is 9.09. The molecule has 1 aliphatic rings. The van der Waals surface area contributed by atoms with Gasteiger partial charge in [-0.05, 0) is 51.8 Å². The highest BCUT2D eigenvalue weighted by Gasteiger charge is 2.48. The molecule has 230 valence electrons. The average molecular weight is 634 g/mol. The minimum atomic E-state index is -5.88. The van der Waals surface area contributed by atoms with Gasteiger partial charge < -0.3 is 28.2 Å². The van der Waals surface area contributed by atoms with Crippen molar-refractivity contribution in [2.45, 2.75) is 50.8 Å². The zero-order valence-electron chi connectivity index (χ0n) is 23.5. The van der Waals surface area contributed by atoms with E-state index < -0.39 is 27.0 Å². The molecule has 0 bridgehead atoms. The van der Waals surface area contributed by atoms with Crippen molar-refractivity contribution in [1.82, 2.24) is 20.1 Å². The van der Waals surface area contributed by atoms with Crippen LogP contribution in [0.25, 0.3) is 21.6 Å². The normalized spacial score (nSPS) is 15.1. The quantitative estimate of drug-likeness (QED) is 0.192. The van der Waals surface area contributed by atoms with Crippen molar-refractivity contribution in [3.05, 3.63) is 24.3 Å². The Morgan fingerprint density at radius 3 is 2.45 bits per heavy atom. The van der Waals surface area contributed by atoms with E-state index in [1.54, 1.807) is 11.0 Å². The number of fused-ring (bicyclic) bond motifs is 1. The average Bonchev–Trinajstić information content (AvgIpc) is 3.33. The van der Waals surface area contributed by atoms with Crippen molar-refractivity contribution in [3.63, 3.8) is 0 Å². The van der Waals surface area contributed by atoms with E-state index >= 15 is 0 Å². The summed E-state index contributed by atoms with van der Waals surface area (Å²) in [6.45, 7) is 6.31. The van der Waals surface area contributed by atoms with Crippen molar-refractivity contribution in [3.8, 4) is 22.8 Å². The highest BCUT2D eigenvalue weighted by Crippen LogP contribution is 2.37. The van der Waals surface area contributed by atoms with Crippen molar-refractivity contribution in [2.24, 2.45) is 0 Å². The van der Waals surface area contributed by atoms with E-state index in [0.29, 0.717) is 39.8 Å². The van der Waals surface area contributed by atoms with Gasteiger partial charge in [0.25, 0.3) is 0 Å². The highest BCUT2D eigenvalue weighted by molar-refractivity contribution is 7.88. The second kappa shape index (κ2) is 12.0. The summed E-state index contributed by atoms with van der Waals surface area (Å²) in [4.78, 5) is 20.7. The van der Waals surface area contributed by atoms with E-state index in [0.717, 1.165) is 25.0 Å². The Labute approximate surface area is 244 Å². The third kappa shape index (κ3) is 7.30. The monoisotopic (exact) mass is 633 g/mol. The fourth-order valence-corrected chi connectivity index (χ4v) is 5.54. The summed E-state index contributed by atoms with van der Waals surface area (Å²) in [5.41, 5.74) is -5.14. The summed E-state index contributed by atoms with van der Waals surface area (Å²) < 4.78 is 82.0. The van der Waals surface area contributed by atoms with Gasteiger partial charge in [-0.1, -0.05) is 11.3 Å². The molecule has 0 N–H and O–H groups in total. The highest BCUT2D eigenvalue weighted by atomic mass is 32.2. The molecule has 1 saturated heterocycles. The number of hydrogen-bond acceptors (Lipinski definition) is 12. The van der Waals surface area contributed by atoms with Crippen LogP contribution in [0.15, 0.2) is 24.3 Å². The number of thiazole rings is 1. The van der Waals surface area contributed by atoms with E-state index in [4.69, 9.17) is 14.2 Å². The predicted octanol–water partition coefficient (Wildman–Crippen LogP) is 4.80. The zero-order chi connectivity index (χ0) is 30.9. The fourth-order valence-electron chi connectivity index (χ4n) is 4.12. The number of likely N-dealkylation sites (tertiary alicyclic amines) is 1. The molecule has 0 atom stereocenters. The van der Waals surface area contributed by atoms with Gasteiger partial charge in [-0.2, -0.15) is 26.6 Å². The molecule has 17 heteroatoms. The van der Waals surface area contributed by atoms with Gasteiger partial charge in [0, 0.05) is 44.9 Å². The first kappa shape index (κ1) is 31.5. The maximum atomic E-state index is 12.8. The van der Waals surface area contributed by atoms with Crippen LogP contribution in [-0.4, -0.2) is 85.8 Å². The fraction of sp³-hybridized carbons (Fsp3) is 0.520. The number of amides is 1. The van der Waals surface area contributed by atoms with Gasteiger partial charge in [0.15, 0.2) is 17.6 Å². The molecule has 1 aromatic carbocycles. The van der Waals surface area contributed by atoms with Crippen LogP contribution in [-0.2, 0) is 19.6 Å². The minimum absolute atomic E-state index is 0.0287. The lowest BCUT2D eigenvalue weighted by Gasteiger charge is -2.37. The van der Waals surface area contributed by atoms with Crippen LogP contribution in [0.1, 0.15) is 33.6 Å². The molecule has 0 saturated carbocycles. The molecule has 3 aromatic rings. The molecule has 42 heavy (non-hydrogen) atoms. The number of hydrogen-bond donors (Lipinski definition) is 0. The van der Waals surface area contributed by atoms with Gasteiger partial charge >= 0.3 is 21.7 Å². The van der Waals surface area contributed by atoms with Crippen LogP contribution < -0.4 is 13.8 Å². The van der Waals surface area contributed by atoms with Crippen molar-refractivity contribution in [1.29, 1.82) is 0 Å². The smallest absolute Gasteiger partial charge is 0.467 e. The molecule has 0 radical (unpaired) electrons. The number of rotatable bonds is 8. The molecule has 0 aliphatic carbocycles. The number of aromatic nitrogens is 3. The standard InChI is InChI=1S/C25H30F3N5O7S2/c1-24(2,3)39-23(34)33-10-8-15(9-11-33)32(4)22-29-21-20(41-22)13-18(30-31-21)17-7-6-16(12-19(17)38-14-37-5)40-42(35,36)25(26,27)28/h6-7,12-13,15H,8-11,14H2,1-5H3. The molecule has 0 spiro atoms. The molecule has 2 aromatic heterocycles. The Morgan fingerprint density at radius 2 is 1.83 bits per heavy atom. The summed E-state index contributed by atoms with van der Waals surface area (Å²) in [6.07, 6.45) is 1.12. The number of carbonyl (C=O) groups excluding carboxylic acids is 1. The molecule has 4 rings (SSSR count). The van der Waals surface area contributed by atoms with Crippen molar-refractivity contribution >= 4 is 43.0 Å². The largest absolute Gasteiger partial charge is 0.534 e. The topological polar surface area (TPSA) is 133 Å². The summed E-state index contributed by atoms with van der Waals surface area (Å²) in [7, 11) is -2.61. The maximum absolute atomic E-state index is 12.8. The van der Waals surface area contributed by atoms with E-state index in [9.17, 15) is 26.4 Å². The first-order valence-electron chi connectivity index (χ1n) is 12.7. The van der Waals surface area contributed by atoms with Gasteiger partial charge in [0.05, 0.1) is 10.4 Å². The lowest BCUT2D eigenvalue weighted by Crippen LogP contribution is -2.47. The molecule has 0 unspecified atom stereocenters. The SMILES string of the molecule is COCOc1cc(OS(=O)(=O)C(F)(F)F)ccc1-c1cc2sc(N(C)C3CCN(C(=O)OC(C)(C)C)CC3)nc2nn1. The number of carbonyl (C=O) groups is 1. The van der Waals surface area contributed by atoms with Gasteiger partial charge in [-0.3, -0.25) is 0 Å². The lowest BCUT2D eigenvalue weighted by atomic mass is 10.0. The third-order valence-electron chi connectivity index (χ3n) is 6.16. The minimum Gasteiger partial charge on any atom is -0.467 e. The van der Waals surface area contributed by atoms with Gasteiger partial charge in [-0.15, -0.1) is 10.2 Å². The molecule has 1 fully saturated rings. The van der Waals surface area contributed by atoms with Crippen LogP contribution in [0.2, 0.25) is 0 Å². The van der Waals surface area contributed by atoms with Crippen LogP contribution in [0.3, 0.4) is 0 Å². The number of halogens is 3. The Hall–Kier alpha value is -3.44. The second-order valence-corrected chi connectivity index (χ2v) is 13.0. The second-order valence-electron chi connectivity index (χ2n) is 10.4. The van der Waals surface area contributed by atoms with Gasteiger partial charge in [0.2, 0.25) is 0 Å². The number of anilines is 1. The van der Waals surface area contributed by atoms with E-state index in [-0.39, 0.29) is 24.7 Å². The Bertz CT molecular complexity index is 1540. The Kier molecular flexibility index (Phi) is 9.03. The number of ether oxygens (including phenoxy) is 3. The first-order valence-corrected chi connectivity index (χ1v) is 14.9. The zero-order valence-corrected chi connectivity index (χ0v) is 25.1. The van der Waals surface area contributed by atoms with Crippen LogP contribution in [0.5, 0.6) is 11.5 Å². The number of methoxy groups -OCH3 is 1. The molecular formula is C25H30F3N5O7S2. The summed E-state index contributed by atoms with van der Waals surface area (Å²) in [5.74, 6) is -0.630. The van der Waals surface area contributed by atoms with Crippen molar-refractivity contribution in [2.75, 3.05) is 38.9 Å². The third-order valence-corrected chi connectivity index (χ3v) is 8.22. The summed E-state index contributed by atoms with van der Waals surface area (Å²) in [6, 6.07) is 5.20. The van der Waals surface area contributed by atoms with E-state index in [1.165, 1.54) is 24.5 Å². The van der Waals surface area contributed by atoms with Gasteiger partial charge in [0.1, 0.15) is 17.1 Å². The lowest BCUT2D eigenvalue weighted by molar-refractivity contribution is -0.0500. The molecule has 3 heterocycles. The Balaban J connectivity index is 1.53. The maximum Gasteiger partial charge on any atom is 0.534 e. The van der Waals surface area contributed by atoms with Crippen LogP contribution >= 0.6 is 11.3 Å². The first-order chi connectivity index (χ1) is 19.6. The van der Waals surface area contributed by atoms with E-state index in [2.05, 4.69) is 19.4 Å².